The van der Waals surface area contributed by atoms with Crippen LogP contribution in [0.1, 0.15) is 48.2 Å². The van der Waals surface area contributed by atoms with Crippen molar-refractivity contribution >= 4 is 35.1 Å². The summed E-state index contributed by atoms with van der Waals surface area (Å²) < 4.78 is 10.1. The molecule has 2 aromatic carbocycles. The second kappa shape index (κ2) is 12.4. The van der Waals surface area contributed by atoms with E-state index in [1.165, 1.54) is 0 Å². The number of para-hydroxylation sites is 1. The summed E-state index contributed by atoms with van der Waals surface area (Å²) in [5.74, 6) is -1.68. The molecule has 0 bridgehead atoms. The molecule has 33 heavy (non-hydrogen) atoms. The molecule has 0 aliphatic heterocycles. The van der Waals surface area contributed by atoms with E-state index in [0.717, 1.165) is 16.8 Å². The van der Waals surface area contributed by atoms with Gasteiger partial charge in [0.05, 0.1) is 18.6 Å². The van der Waals surface area contributed by atoms with Crippen molar-refractivity contribution in [2.24, 2.45) is 5.92 Å². The lowest BCUT2D eigenvalue weighted by Gasteiger charge is -2.11. The van der Waals surface area contributed by atoms with Gasteiger partial charge >= 0.3 is 11.9 Å². The van der Waals surface area contributed by atoms with Crippen LogP contribution in [0.2, 0.25) is 0 Å². The Morgan fingerprint density at radius 2 is 1.45 bits per heavy atom. The Morgan fingerprint density at radius 3 is 2.06 bits per heavy atom. The molecule has 8 heteroatoms. The van der Waals surface area contributed by atoms with Gasteiger partial charge < -0.3 is 20.1 Å². The number of anilines is 2. The molecule has 2 amide bonds. The maximum absolute atomic E-state index is 12.1. The molecule has 0 spiro atoms. The third-order valence-corrected chi connectivity index (χ3v) is 4.62. The van der Waals surface area contributed by atoms with Crippen LogP contribution in [0.25, 0.3) is 0 Å². The number of aryl methyl sites for hydroxylation is 2. The summed E-state index contributed by atoms with van der Waals surface area (Å²) in [4.78, 5) is 47.9. The third-order valence-electron chi connectivity index (χ3n) is 4.62. The van der Waals surface area contributed by atoms with E-state index in [1.807, 2.05) is 45.9 Å². The van der Waals surface area contributed by atoms with Crippen LogP contribution in [-0.4, -0.2) is 37.0 Å². The topological polar surface area (TPSA) is 111 Å². The Kier molecular flexibility index (Phi) is 9.60. The van der Waals surface area contributed by atoms with Crippen molar-refractivity contribution in [3.8, 4) is 0 Å². The van der Waals surface area contributed by atoms with E-state index in [0.29, 0.717) is 17.9 Å². The number of nitrogens with one attached hydrogen (secondary N) is 2. The van der Waals surface area contributed by atoms with Crippen LogP contribution in [0, 0.1) is 19.8 Å². The molecular weight excluding hydrogens is 424 g/mol. The van der Waals surface area contributed by atoms with Crippen molar-refractivity contribution in [1.82, 2.24) is 0 Å². The number of hydrogen-bond donors (Lipinski definition) is 2. The average molecular weight is 455 g/mol. The summed E-state index contributed by atoms with van der Waals surface area (Å²) in [5, 5.41) is 5.37. The van der Waals surface area contributed by atoms with Crippen molar-refractivity contribution in [2.75, 3.05) is 23.8 Å². The molecule has 0 aromatic heterocycles. The molecule has 0 aliphatic carbocycles. The molecule has 8 nitrogen and oxygen atoms in total. The van der Waals surface area contributed by atoms with Gasteiger partial charge in [-0.15, -0.1) is 0 Å². The molecule has 0 saturated heterocycles. The Hall–Kier alpha value is -3.68. The summed E-state index contributed by atoms with van der Waals surface area (Å²) in [5.41, 5.74) is 3.42. The van der Waals surface area contributed by atoms with E-state index in [9.17, 15) is 19.2 Å². The standard InChI is InChI=1S/C25H30N2O6/c1-16(2)14-33-25(31)19-8-10-20(11-9-19)26-22(29)15-32-23(30)13-12-21(28)27-24-17(3)6-5-7-18(24)4/h5-11,16H,12-15H2,1-4H3,(H,26,29)(H,27,28). The lowest BCUT2D eigenvalue weighted by Crippen LogP contribution is -2.22. The first-order valence-corrected chi connectivity index (χ1v) is 10.7. The zero-order valence-corrected chi connectivity index (χ0v) is 19.4. The molecule has 0 aliphatic rings. The summed E-state index contributed by atoms with van der Waals surface area (Å²) in [6, 6.07) is 11.9. The van der Waals surface area contributed by atoms with E-state index >= 15 is 0 Å². The van der Waals surface area contributed by atoms with Crippen LogP contribution in [0.15, 0.2) is 42.5 Å². The summed E-state index contributed by atoms with van der Waals surface area (Å²) >= 11 is 0. The Bertz CT molecular complexity index is 978. The minimum atomic E-state index is -0.648. The minimum absolute atomic E-state index is 0.0530. The lowest BCUT2D eigenvalue weighted by molar-refractivity contribution is -0.147. The molecule has 2 rings (SSSR count). The number of ether oxygens (including phenoxy) is 2. The normalized spacial score (nSPS) is 10.5. The van der Waals surface area contributed by atoms with Gasteiger partial charge in [0.25, 0.3) is 5.91 Å². The van der Waals surface area contributed by atoms with Crippen LogP contribution >= 0.6 is 0 Å². The maximum atomic E-state index is 12.1. The van der Waals surface area contributed by atoms with Crippen molar-refractivity contribution in [2.45, 2.75) is 40.5 Å². The fourth-order valence-electron chi connectivity index (χ4n) is 2.86. The minimum Gasteiger partial charge on any atom is -0.462 e. The number of carbonyl (C=O) groups is 4. The molecule has 0 heterocycles. The number of rotatable bonds is 10. The largest absolute Gasteiger partial charge is 0.462 e. The van der Waals surface area contributed by atoms with Crippen LogP contribution in [-0.2, 0) is 23.9 Å². The Labute approximate surface area is 193 Å². The van der Waals surface area contributed by atoms with Gasteiger partial charge in [0.15, 0.2) is 6.61 Å². The van der Waals surface area contributed by atoms with E-state index in [-0.39, 0.29) is 24.7 Å². The molecule has 0 unspecified atom stereocenters. The first-order chi connectivity index (χ1) is 15.7. The predicted molar refractivity (Wildman–Crippen MR) is 125 cm³/mol. The molecular formula is C25H30N2O6. The highest BCUT2D eigenvalue weighted by Crippen LogP contribution is 2.19. The van der Waals surface area contributed by atoms with Crippen LogP contribution in [0.5, 0.6) is 0 Å². The van der Waals surface area contributed by atoms with E-state index in [4.69, 9.17) is 9.47 Å². The molecule has 176 valence electrons. The Balaban J connectivity index is 1.72. The monoisotopic (exact) mass is 454 g/mol. The van der Waals surface area contributed by atoms with Gasteiger partial charge in [-0.2, -0.15) is 0 Å². The second-order valence-corrected chi connectivity index (χ2v) is 8.09. The highest BCUT2D eigenvalue weighted by Gasteiger charge is 2.13. The zero-order valence-electron chi connectivity index (χ0n) is 19.4. The number of carbonyl (C=O) groups excluding carboxylic acids is 4. The second-order valence-electron chi connectivity index (χ2n) is 8.09. The van der Waals surface area contributed by atoms with Crippen molar-refractivity contribution in [1.29, 1.82) is 0 Å². The smallest absolute Gasteiger partial charge is 0.338 e. The van der Waals surface area contributed by atoms with Gasteiger partial charge in [0, 0.05) is 17.8 Å². The van der Waals surface area contributed by atoms with Gasteiger partial charge in [-0.25, -0.2) is 4.79 Å². The number of benzene rings is 2. The average Bonchev–Trinajstić information content (AvgIpc) is 2.77. The highest BCUT2D eigenvalue weighted by atomic mass is 16.5. The highest BCUT2D eigenvalue weighted by molar-refractivity contribution is 5.95. The number of amides is 2. The van der Waals surface area contributed by atoms with Gasteiger partial charge in [-0.1, -0.05) is 32.0 Å². The molecule has 0 saturated carbocycles. The van der Waals surface area contributed by atoms with Crippen LogP contribution in [0.3, 0.4) is 0 Å². The summed E-state index contributed by atoms with van der Waals surface area (Å²) in [6.07, 6.45) is -0.195. The molecule has 0 atom stereocenters. The maximum Gasteiger partial charge on any atom is 0.338 e. The van der Waals surface area contributed by atoms with E-state index in [2.05, 4.69) is 10.6 Å². The van der Waals surface area contributed by atoms with Crippen molar-refractivity contribution in [3.05, 3.63) is 59.2 Å². The Morgan fingerprint density at radius 1 is 0.818 bits per heavy atom. The first kappa shape index (κ1) is 25.6. The molecule has 0 radical (unpaired) electrons. The quantitative estimate of drug-likeness (QED) is 0.525. The van der Waals surface area contributed by atoms with Crippen molar-refractivity contribution < 1.29 is 28.7 Å². The van der Waals surface area contributed by atoms with E-state index in [1.54, 1.807) is 24.3 Å². The van der Waals surface area contributed by atoms with Gasteiger partial charge in [0.1, 0.15) is 0 Å². The van der Waals surface area contributed by atoms with Crippen molar-refractivity contribution in [3.63, 3.8) is 0 Å². The van der Waals surface area contributed by atoms with E-state index < -0.39 is 24.5 Å². The van der Waals surface area contributed by atoms with Crippen LogP contribution in [0.4, 0.5) is 11.4 Å². The first-order valence-electron chi connectivity index (χ1n) is 10.7. The molecule has 2 N–H and O–H groups in total. The van der Waals surface area contributed by atoms with Gasteiger partial charge in [0.2, 0.25) is 5.91 Å². The number of esters is 2. The SMILES string of the molecule is Cc1cccc(C)c1NC(=O)CCC(=O)OCC(=O)Nc1ccc(C(=O)OCC(C)C)cc1. The third kappa shape index (κ3) is 8.76. The summed E-state index contributed by atoms with van der Waals surface area (Å²) in [7, 11) is 0. The number of hydrogen-bond acceptors (Lipinski definition) is 6. The summed E-state index contributed by atoms with van der Waals surface area (Å²) in [6.45, 7) is 7.52. The fourth-order valence-corrected chi connectivity index (χ4v) is 2.86. The predicted octanol–water partition coefficient (Wildman–Crippen LogP) is 4.02. The molecule has 0 fully saturated rings. The van der Waals surface area contributed by atoms with Crippen LogP contribution < -0.4 is 10.6 Å². The van der Waals surface area contributed by atoms with Gasteiger partial charge in [-0.3, -0.25) is 14.4 Å². The van der Waals surface area contributed by atoms with Gasteiger partial charge in [-0.05, 0) is 55.2 Å². The fraction of sp³-hybridized carbons (Fsp3) is 0.360. The molecule has 2 aromatic rings. The zero-order chi connectivity index (χ0) is 24.4. The lowest BCUT2D eigenvalue weighted by atomic mass is 10.1.